The van der Waals surface area contributed by atoms with Crippen LogP contribution in [0.3, 0.4) is 0 Å². The van der Waals surface area contributed by atoms with Crippen LogP contribution < -0.4 is 9.64 Å². The molecular formula is C24H19ClN2O4. The summed E-state index contributed by atoms with van der Waals surface area (Å²) in [5.41, 5.74) is 2.25. The first-order valence-corrected chi connectivity index (χ1v) is 9.91. The van der Waals surface area contributed by atoms with Gasteiger partial charge in [-0.25, -0.2) is 0 Å². The topological polar surface area (TPSA) is 79.7 Å². The van der Waals surface area contributed by atoms with E-state index in [-0.39, 0.29) is 11.3 Å². The number of aliphatic hydroxyl groups excluding tert-OH is 1. The number of rotatable bonds is 4. The van der Waals surface area contributed by atoms with Gasteiger partial charge in [0.05, 0.1) is 24.3 Å². The summed E-state index contributed by atoms with van der Waals surface area (Å²) in [7, 11) is 1.48. The monoisotopic (exact) mass is 434 g/mol. The number of benzene rings is 2. The van der Waals surface area contributed by atoms with Crippen molar-refractivity contribution in [1.82, 2.24) is 4.98 Å². The number of aromatic nitrogens is 1. The number of aryl methyl sites for hydroxylation is 1. The van der Waals surface area contributed by atoms with Crippen molar-refractivity contribution in [3.8, 4) is 5.75 Å². The molecule has 4 rings (SSSR count). The number of nitrogens with zero attached hydrogens (tertiary/aromatic N) is 2. The van der Waals surface area contributed by atoms with Gasteiger partial charge in [0.15, 0.2) is 0 Å². The second kappa shape index (κ2) is 8.24. The highest BCUT2D eigenvalue weighted by molar-refractivity contribution is 6.51. The smallest absolute Gasteiger partial charge is 0.300 e. The van der Waals surface area contributed by atoms with Gasteiger partial charge in [-0.2, -0.15) is 0 Å². The van der Waals surface area contributed by atoms with E-state index in [9.17, 15) is 14.7 Å². The Hall–Kier alpha value is -3.64. The fourth-order valence-electron chi connectivity index (χ4n) is 3.71. The van der Waals surface area contributed by atoms with E-state index in [4.69, 9.17) is 16.3 Å². The molecule has 1 atom stereocenters. The van der Waals surface area contributed by atoms with Crippen LogP contribution in [0.4, 0.5) is 5.69 Å². The van der Waals surface area contributed by atoms with Crippen LogP contribution >= 0.6 is 11.6 Å². The SMILES string of the molecule is COc1ccc(C)cc1/C(O)=C1\C(=O)C(=O)N(c2ccc(Cl)cc2)C1c1cccnc1. The minimum absolute atomic E-state index is 0.0307. The molecule has 0 radical (unpaired) electrons. The van der Waals surface area contributed by atoms with Gasteiger partial charge in [0, 0.05) is 23.1 Å². The van der Waals surface area contributed by atoms with Crippen molar-refractivity contribution in [3.63, 3.8) is 0 Å². The van der Waals surface area contributed by atoms with Crippen molar-refractivity contribution < 1.29 is 19.4 Å². The average Bonchev–Trinajstić information content (AvgIpc) is 3.05. The molecule has 1 aliphatic rings. The summed E-state index contributed by atoms with van der Waals surface area (Å²) in [6, 6.07) is 14.5. The Kier molecular flexibility index (Phi) is 5.48. The highest BCUT2D eigenvalue weighted by Crippen LogP contribution is 2.43. The first-order valence-electron chi connectivity index (χ1n) is 9.54. The minimum atomic E-state index is -0.861. The van der Waals surface area contributed by atoms with Gasteiger partial charge in [0.25, 0.3) is 11.7 Å². The van der Waals surface area contributed by atoms with E-state index in [1.165, 1.54) is 12.0 Å². The molecule has 0 bridgehead atoms. The number of hydrogen-bond donors (Lipinski definition) is 1. The Labute approximate surface area is 184 Å². The number of aliphatic hydroxyl groups is 1. The standard InChI is InChI=1S/C24H19ClN2O4/c1-14-5-10-19(31-2)18(12-14)22(28)20-21(15-4-3-11-26-13-15)27(24(30)23(20)29)17-8-6-16(25)7-9-17/h3-13,21,28H,1-2H3/b22-20+. The number of pyridine rings is 1. The molecule has 1 saturated heterocycles. The molecule has 1 amide bonds. The second-order valence-corrected chi connectivity index (χ2v) is 7.57. The number of ether oxygens (including phenoxy) is 1. The first kappa shape index (κ1) is 20.6. The van der Waals surface area contributed by atoms with Gasteiger partial charge >= 0.3 is 0 Å². The minimum Gasteiger partial charge on any atom is -0.507 e. The summed E-state index contributed by atoms with van der Waals surface area (Å²) >= 11 is 6.00. The molecule has 3 aromatic rings. The van der Waals surface area contributed by atoms with Crippen LogP contribution in [0, 0.1) is 6.92 Å². The first-order chi connectivity index (χ1) is 14.9. The Morgan fingerprint density at radius 1 is 1.13 bits per heavy atom. The van der Waals surface area contributed by atoms with Crippen molar-refractivity contribution in [2.75, 3.05) is 12.0 Å². The number of Topliss-reactive ketones (excluding diaryl/α,β-unsaturated/α-hetero) is 1. The van der Waals surface area contributed by atoms with Gasteiger partial charge in [0.1, 0.15) is 11.5 Å². The fraction of sp³-hybridized carbons (Fsp3) is 0.125. The number of anilines is 1. The quantitative estimate of drug-likeness (QED) is 0.366. The van der Waals surface area contributed by atoms with Crippen LogP contribution in [0.2, 0.25) is 5.02 Å². The van der Waals surface area contributed by atoms with Crippen molar-refractivity contribution in [2.45, 2.75) is 13.0 Å². The fourth-order valence-corrected chi connectivity index (χ4v) is 3.83. The number of amides is 1. The molecule has 0 saturated carbocycles. The summed E-state index contributed by atoms with van der Waals surface area (Å²) in [5, 5.41) is 11.7. The lowest BCUT2D eigenvalue weighted by atomic mass is 9.95. The third kappa shape index (κ3) is 3.66. The van der Waals surface area contributed by atoms with E-state index in [0.29, 0.717) is 27.6 Å². The van der Waals surface area contributed by atoms with E-state index in [0.717, 1.165) is 5.56 Å². The average molecular weight is 435 g/mol. The van der Waals surface area contributed by atoms with E-state index in [1.807, 2.05) is 13.0 Å². The number of ketones is 1. The number of carbonyl (C=O) groups is 2. The zero-order valence-corrected chi connectivity index (χ0v) is 17.6. The summed E-state index contributed by atoms with van der Waals surface area (Å²) < 4.78 is 5.38. The Balaban J connectivity index is 1.97. The normalized spacial score (nSPS) is 17.8. The maximum absolute atomic E-state index is 13.1. The Bertz CT molecular complexity index is 1190. The van der Waals surface area contributed by atoms with Crippen LogP contribution in [-0.4, -0.2) is 28.9 Å². The summed E-state index contributed by atoms with van der Waals surface area (Å²) in [5.74, 6) is -1.44. The van der Waals surface area contributed by atoms with Crippen molar-refractivity contribution in [3.05, 3.63) is 94.3 Å². The van der Waals surface area contributed by atoms with Crippen molar-refractivity contribution in [2.24, 2.45) is 0 Å². The molecule has 0 aliphatic carbocycles. The highest BCUT2D eigenvalue weighted by Gasteiger charge is 2.47. The van der Waals surface area contributed by atoms with Gasteiger partial charge < -0.3 is 9.84 Å². The molecule has 0 spiro atoms. The van der Waals surface area contributed by atoms with Crippen LogP contribution in [0.15, 0.2) is 72.6 Å². The summed E-state index contributed by atoms with van der Waals surface area (Å²) in [4.78, 5) is 31.7. The number of carbonyl (C=O) groups excluding carboxylic acids is 2. The molecule has 1 aliphatic heterocycles. The van der Waals surface area contributed by atoms with Crippen LogP contribution in [-0.2, 0) is 9.59 Å². The van der Waals surface area contributed by atoms with E-state index in [1.54, 1.807) is 60.9 Å². The number of hydrogen-bond acceptors (Lipinski definition) is 5. The van der Waals surface area contributed by atoms with Gasteiger partial charge in [0.2, 0.25) is 0 Å². The molecule has 6 nitrogen and oxygen atoms in total. The maximum atomic E-state index is 13.1. The van der Waals surface area contributed by atoms with E-state index in [2.05, 4.69) is 4.98 Å². The van der Waals surface area contributed by atoms with Crippen molar-refractivity contribution >= 4 is 34.7 Å². The molecule has 31 heavy (non-hydrogen) atoms. The molecule has 1 fully saturated rings. The number of halogens is 1. The molecular weight excluding hydrogens is 416 g/mol. The van der Waals surface area contributed by atoms with Crippen LogP contribution in [0.25, 0.3) is 5.76 Å². The number of methoxy groups -OCH3 is 1. The van der Waals surface area contributed by atoms with Gasteiger partial charge in [-0.1, -0.05) is 29.3 Å². The maximum Gasteiger partial charge on any atom is 0.300 e. The van der Waals surface area contributed by atoms with E-state index < -0.39 is 17.7 Å². The third-order valence-electron chi connectivity index (χ3n) is 5.16. The van der Waals surface area contributed by atoms with Gasteiger partial charge in [-0.3, -0.25) is 19.5 Å². The van der Waals surface area contributed by atoms with Gasteiger partial charge in [-0.15, -0.1) is 0 Å². The molecule has 2 heterocycles. The predicted octanol–water partition coefficient (Wildman–Crippen LogP) is 4.68. The lowest BCUT2D eigenvalue weighted by Gasteiger charge is -2.25. The molecule has 7 heteroatoms. The molecule has 1 N–H and O–H groups in total. The van der Waals surface area contributed by atoms with Crippen molar-refractivity contribution in [1.29, 1.82) is 0 Å². The zero-order valence-electron chi connectivity index (χ0n) is 16.9. The van der Waals surface area contributed by atoms with Crippen LogP contribution in [0.1, 0.15) is 22.7 Å². The Morgan fingerprint density at radius 3 is 2.52 bits per heavy atom. The highest BCUT2D eigenvalue weighted by atomic mass is 35.5. The summed E-state index contributed by atoms with van der Waals surface area (Å²) in [6.07, 6.45) is 3.17. The molecule has 156 valence electrons. The third-order valence-corrected chi connectivity index (χ3v) is 5.41. The van der Waals surface area contributed by atoms with E-state index >= 15 is 0 Å². The molecule has 2 aromatic carbocycles. The zero-order chi connectivity index (χ0) is 22.1. The van der Waals surface area contributed by atoms with Crippen LogP contribution in [0.5, 0.6) is 5.75 Å². The predicted molar refractivity (Wildman–Crippen MR) is 118 cm³/mol. The molecule has 1 unspecified atom stereocenters. The Morgan fingerprint density at radius 2 is 1.87 bits per heavy atom. The second-order valence-electron chi connectivity index (χ2n) is 7.14. The largest absolute Gasteiger partial charge is 0.507 e. The lowest BCUT2D eigenvalue weighted by Crippen LogP contribution is -2.29. The summed E-state index contributed by atoms with van der Waals surface area (Å²) in [6.45, 7) is 1.86. The molecule has 1 aromatic heterocycles. The van der Waals surface area contributed by atoms with Gasteiger partial charge in [-0.05, 0) is 55.0 Å². The lowest BCUT2D eigenvalue weighted by molar-refractivity contribution is -0.132.